The molecule has 28 heavy (non-hydrogen) atoms. The van der Waals surface area contributed by atoms with Crippen molar-refractivity contribution in [2.24, 2.45) is 0 Å². The SMILES string of the molecule is CCCNC(=O)N(c1ccc(OC)cc1)c1ccnc(N[C@@H](C)C(C)(C)O)n1. The molecule has 0 saturated carbocycles. The van der Waals surface area contributed by atoms with Crippen molar-refractivity contribution in [3.8, 4) is 5.75 Å². The third-order valence-electron chi connectivity index (χ3n) is 4.34. The highest BCUT2D eigenvalue weighted by Gasteiger charge is 2.24. The summed E-state index contributed by atoms with van der Waals surface area (Å²) < 4.78 is 5.20. The molecule has 0 fully saturated rings. The number of urea groups is 1. The van der Waals surface area contributed by atoms with Crippen LogP contribution in [0.5, 0.6) is 5.75 Å². The zero-order chi connectivity index (χ0) is 20.7. The lowest BCUT2D eigenvalue weighted by Gasteiger charge is -2.27. The highest BCUT2D eigenvalue weighted by molar-refractivity contribution is 5.98. The van der Waals surface area contributed by atoms with E-state index in [4.69, 9.17) is 4.74 Å². The second-order valence-electron chi connectivity index (χ2n) is 7.02. The quantitative estimate of drug-likeness (QED) is 0.643. The van der Waals surface area contributed by atoms with Gasteiger partial charge in [-0.3, -0.25) is 0 Å². The fraction of sp³-hybridized carbons (Fsp3) is 0.450. The summed E-state index contributed by atoms with van der Waals surface area (Å²) in [5, 5.41) is 16.1. The van der Waals surface area contributed by atoms with Gasteiger partial charge in [0.05, 0.1) is 24.4 Å². The van der Waals surface area contributed by atoms with E-state index in [1.165, 1.54) is 4.90 Å². The lowest BCUT2D eigenvalue weighted by molar-refractivity contribution is 0.0646. The topological polar surface area (TPSA) is 99.6 Å². The smallest absolute Gasteiger partial charge is 0.327 e. The molecule has 1 heterocycles. The van der Waals surface area contributed by atoms with Gasteiger partial charge in [-0.1, -0.05) is 6.92 Å². The van der Waals surface area contributed by atoms with Crippen LogP contribution in [0.25, 0.3) is 0 Å². The van der Waals surface area contributed by atoms with Crippen LogP contribution in [0.2, 0.25) is 0 Å². The van der Waals surface area contributed by atoms with Gasteiger partial charge in [0, 0.05) is 18.8 Å². The number of hydrogen-bond donors (Lipinski definition) is 3. The number of hydrogen-bond acceptors (Lipinski definition) is 6. The van der Waals surface area contributed by atoms with E-state index in [2.05, 4.69) is 20.6 Å². The first kappa shape index (κ1) is 21.4. The van der Waals surface area contributed by atoms with E-state index in [1.807, 2.05) is 13.8 Å². The molecular weight excluding hydrogens is 358 g/mol. The Labute approximate surface area is 166 Å². The number of methoxy groups -OCH3 is 1. The predicted octanol–water partition coefficient (Wildman–Crippen LogP) is 3.31. The number of amides is 2. The van der Waals surface area contributed by atoms with Crippen molar-refractivity contribution in [2.75, 3.05) is 23.9 Å². The van der Waals surface area contributed by atoms with Crippen LogP contribution in [0, 0.1) is 0 Å². The van der Waals surface area contributed by atoms with Gasteiger partial charge in [-0.05, 0) is 51.5 Å². The number of rotatable bonds is 8. The second kappa shape index (κ2) is 9.36. The molecule has 0 bridgehead atoms. The van der Waals surface area contributed by atoms with Gasteiger partial charge in [0.2, 0.25) is 5.95 Å². The third kappa shape index (κ3) is 5.56. The molecule has 2 amide bonds. The summed E-state index contributed by atoms with van der Waals surface area (Å²) in [5.41, 5.74) is -0.303. The molecule has 0 aliphatic carbocycles. The summed E-state index contributed by atoms with van der Waals surface area (Å²) >= 11 is 0. The average molecular weight is 387 g/mol. The molecule has 3 N–H and O–H groups in total. The van der Waals surface area contributed by atoms with E-state index < -0.39 is 5.60 Å². The maximum atomic E-state index is 12.8. The Bertz CT molecular complexity index is 774. The van der Waals surface area contributed by atoms with Gasteiger partial charge in [0.15, 0.2) is 0 Å². The third-order valence-corrected chi connectivity index (χ3v) is 4.34. The lowest BCUT2D eigenvalue weighted by Crippen LogP contribution is -2.40. The normalized spacial score (nSPS) is 12.2. The molecule has 152 valence electrons. The van der Waals surface area contributed by atoms with E-state index in [0.29, 0.717) is 29.7 Å². The zero-order valence-electron chi connectivity index (χ0n) is 17.1. The van der Waals surface area contributed by atoms with Crippen LogP contribution < -0.4 is 20.3 Å². The maximum Gasteiger partial charge on any atom is 0.327 e. The number of anilines is 3. The van der Waals surface area contributed by atoms with Crippen LogP contribution in [-0.2, 0) is 0 Å². The molecule has 1 aromatic heterocycles. The van der Waals surface area contributed by atoms with Crippen LogP contribution in [0.3, 0.4) is 0 Å². The number of carbonyl (C=O) groups excluding carboxylic acids is 1. The Hall–Kier alpha value is -2.87. The van der Waals surface area contributed by atoms with E-state index >= 15 is 0 Å². The molecule has 8 nitrogen and oxygen atoms in total. The van der Waals surface area contributed by atoms with Gasteiger partial charge in [0.1, 0.15) is 11.6 Å². The van der Waals surface area contributed by atoms with Gasteiger partial charge < -0.3 is 20.5 Å². The predicted molar refractivity (Wildman–Crippen MR) is 110 cm³/mol. The molecular formula is C20H29N5O3. The highest BCUT2D eigenvalue weighted by Crippen LogP contribution is 2.27. The molecule has 0 unspecified atom stereocenters. The first-order valence-electron chi connectivity index (χ1n) is 9.30. The van der Waals surface area contributed by atoms with Gasteiger partial charge in [-0.15, -0.1) is 0 Å². The minimum absolute atomic E-state index is 0.285. The molecule has 2 aromatic rings. The van der Waals surface area contributed by atoms with Crippen LogP contribution in [0.4, 0.5) is 22.2 Å². The van der Waals surface area contributed by atoms with Crippen LogP contribution in [0.15, 0.2) is 36.5 Å². The Kier molecular flexibility index (Phi) is 7.17. The van der Waals surface area contributed by atoms with Crippen molar-refractivity contribution < 1.29 is 14.6 Å². The average Bonchev–Trinajstić information content (AvgIpc) is 2.66. The number of ether oxygens (including phenoxy) is 1. The number of nitrogens with one attached hydrogen (secondary N) is 2. The second-order valence-corrected chi connectivity index (χ2v) is 7.02. The number of benzene rings is 1. The molecule has 2 rings (SSSR count). The zero-order valence-corrected chi connectivity index (χ0v) is 17.1. The van der Waals surface area contributed by atoms with E-state index in [1.54, 1.807) is 57.5 Å². The molecule has 0 aliphatic rings. The van der Waals surface area contributed by atoms with Crippen molar-refractivity contribution in [1.82, 2.24) is 15.3 Å². The van der Waals surface area contributed by atoms with Crippen molar-refractivity contribution in [3.05, 3.63) is 36.5 Å². The van der Waals surface area contributed by atoms with Crippen molar-refractivity contribution in [3.63, 3.8) is 0 Å². The summed E-state index contributed by atoms with van der Waals surface area (Å²) in [6, 6.07) is 8.24. The lowest BCUT2D eigenvalue weighted by atomic mass is 10.0. The van der Waals surface area contributed by atoms with E-state index in [0.717, 1.165) is 6.42 Å². The number of nitrogens with zero attached hydrogens (tertiary/aromatic N) is 3. The largest absolute Gasteiger partial charge is 0.497 e. The monoisotopic (exact) mass is 387 g/mol. The molecule has 1 aromatic carbocycles. The Morgan fingerprint density at radius 2 is 1.96 bits per heavy atom. The van der Waals surface area contributed by atoms with Gasteiger partial charge >= 0.3 is 6.03 Å². The highest BCUT2D eigenvalue weighted by atomic mass is 16.5. The van der Waals surface area contributed by atoms with Crippen LogP contribution >= 0.6 is 0 Å². The van der Waals surface area contributed by atoms with Crippen molar-refractivity contribution >= 4 is 23.5 Å². The fourth-order valence-electron chi connectivity index (χ4n) is 2.31. The molecule has 0 aliphatic heterocycles. The van der Waals surface area contributed by atoms with Crippen LogP contribution in [0.1, 0.15) is 34.1 Å². The summed E-state index contributed by atoms with van der Waals surface area (Å²) in [7, 11) is 1.59. The Morgan fingerprint density at radius 3 is 2.54 bits per heavy atom. The summed E-state index contributed by atoms with van der Waals surface area (Å²) in [4.78, 5) is 23.0. The number of aliphatic hydroxyl groups is 1. The van der Waals surface area contributed by atoms with Crippen LogP contribution in [-0.4, -0.2) is 46.4 Å². The van der Waals surface area contributed by atoms with Gasteiger partial charge in [-0.2, -0.15) is 4.98 Å². The maximum absolute atomic E-state index is 12.8. The summed E-state index contributed by atoms with van der Waals surface area (Å²) in [5.74, 6) is 1.44. The molecule has 1 atom stereocenters. The first-order valence-corrected chi connectivity index (χ1v) is 9.30. The molecule has 0 saturated heterocycles. The molecule has 0 spiro atoms. The standard InChI is InChI=1S/C20H29N5O3/c1-6-12-22-19(26)25(15-7-9-16(28-5)10-8-15)17-11-13-21-18(24-17)23-14(2)20(3,4)27/h7-11,13-14,27H,6,12H2,1-5H3,(H,22,26)(H,21,23,24)/t14-/m0/s1. The van der Waals surface area contributed by atoms with Crippen molar-refractivity contribution in [2.45, 2.75) is 45.8 Å². The summed E-state index contributed by atoms with van der Waals surface area (Å²) in [6.07, 6.45) is 2.40. The number of carbonyl (C=O) groups is 1. The summed E-state index contributed by atoms with van der Waals surface area (Å²) in [6.45, 7) is 7.79. The van der Waals surface area contributed by atoms with E-state index in [9.17, 15) is 9.90 Å². The fourth-order valence-corrected chi connectivity index (χ4v) is 2.31. The van der Waals surface area contributed by atoms with Gasteiger partial charge in [0.25, 0.3) is 0 Å². The minimum atomic E-state index is -0.951. The minimum Gasteiger partial charge on any atom is -0.497 e. The Balaban J connectivity index is 2.36. The van der Waals surface area contributed by atoms with E-state index in [-0.39, 0.29) is 12.1 Å². The van der Waals surface area contributed by atoms with Gasteiger partial charge in [-0.25, -0.2) is 14.7 Å². The Morgan fingerprint density at radius 1 is 1.29 bits per heavy atom. The van der Waals surface area contributed by atoms with Crippen molar-refractivity contribution in [1.29, 1.82) is 0 Å². The first-order chi connectivity index (χ1) is 13.3. The molecule has 8 heteroatoms. The molecule has 0 radical (unpaired) electrons. The number of aromatic nitrogens is 2.